The summed E-state index contributed by atoms with van der Waals surface area (Å²) in [6.45, 7) is 0.696. The van der Waals surface area contributed by atoms with Gasteiger partial charge in [0.25, 0.3) is 5.91 Å². The van der Waals surface area contributed by atoms with Crippen molar-refractivity contribution < 1.29 is 14.3 Å². The van der Waals surface area contributed by atoms with E-state index in [-0.39, 0.29) is 18.6 Å². The summed E-state index contributed by atoms with van der Waals surface area (Å²) in [4.78, 5) is 22.5. The zero-order valence-electron chi connectivity index (χ0n) is 10.5. The molecule has 0 saturated carbocycles. The number of ether oxygens (including phenoxy) is 1. The van der Waals surface area contributed by atoms with Gasteiger partial charge in [-0.1, -0.05) is 6.07 Å². The zero-order valence-corrected chi connectivity index (χ0v) is 10.5. The van der Waals surface area contributed by atoms with Crippen molar-refractivity contribution in [2.75, 3.05) is 18.5 Å². The Morgan fingerprint density at radius 3 is 3.00 bits per heavy atom. The van der Waals surface area contributed by atoms with Crippen LogP contribution in [0.15, 0.2) is 24.3 Å². The van der Waals surface area contributed by atoms with Crippen molar-refractivity contribution >= 4 is 17.5 Å². The number of benzene rings is 1. The first-order valence-corrected chi connectivity index (χ1v) is 6.20. The molecule has 1 atom stereocenters. The van der Waals surface area contributed by atoms with Crippen molar-refractivity contribution in [1.82, 2.24) is 5.32 Å². The van der Waals surface area contributed by atoms with Crippen LogP contribution in [0.5, 0.6) is 5.75 Å². The molecule has 6 nitrogen and oxygen atoms in total. The fourth-order valence-corrected chi connectivity index (χ4v) is 1.96. The van der Waals surface area contributed by atoms with Gasteiger partial charge in [0.1, 0.15) is 5.75 Å². The molecule has 1 aliphatic heterocycles. The Hall–Kier alpha value is -2.08. The molecule has 1 aromatic rings. The molecule has 1 saturated heterocycles. The first-order valence-electron chi connectivity index (χ1n) is 6.20. The Kier molecular flexibility index (Phi) is 4.35. The Morgan fingerprint density at radius 1 is 1.47 bits per heavy atom. The van der Waals surface area contributed by atoms with E-state index in [4.69, 9.17) is 10.5 Å². The zero-order chi connectivity index (χ0) is 13.7. The maximum Gasteiger partial charge on any atom is 0.255 e. The number of rotatable bonds is 5. The highest BCUT2D eigenvalue weighted by Crippen LogP contribution is 2.18. The third-order valence-electron chi connectivity index (χ3n) is 2.86. The lowest BCUT2D eigenvalue weighted by atomic mass is 10.2. The third kappa shape index (κ3) is 3.96. The molecule has 1 aromatic carbocycles. The van der Waals surface area contributed by atoms with E-state index in [0.29, 0.717) is 11.4 Å². The van der Waals surface area contributed by atoms with Crippen LogP contribution in [0.2, 0.25) is 0 Å². The summed E-state index contributed by atoms with van der Waals surface area (Å²) in [5, 5.41) is 5.94. The Bertz CT molecular complexity index is 470. The van der Waals surface area contributed by atoms with E-state index in [1.54, 1.807) is 24.3 Å². The highest BCUT2D eigenvalue weighted by atomic mass is 16.5. The highest BCUT2D eigenvalue weighted by molar-refractivity contribution is 5.95. The van der Waals surface area contributed by atoms with Gasteiger partial charge in [-0.3, -0.25) is 9.59 Å². The van der Waals surface area contributed by atoms with E-state index < -0.39 is 5.91 Å². The molecule has 19 heavy (non-hydrogen) atoms. The van der Waals surface area contributed by atoms with Crippen LogP contribution in [0, 0.1) is 0 Å². The number of anilines is 1. The molecule has 1 fully saturated rings. The second-order valence-corrected chi connectivity index (χ2v) is 4.42. The highest BCUT2D eigenvalue weighted by Gasteiger charge is 2.21. The first-order chi connectivity index (χ1) is 9.15. The van der Waals surface area contributed by atoms with Gasteiger partial charge in [-0.2, -0.15) is 0 Å². The molecule has 2 rings (SSSR count). The normalized spacial score (nSPS) is 18.0. The van der Waals surface area contributed by atoms with E-state index in [1.807, 2.05) is 0 Å². The number of hydrogen-bond acceptors (Lipinski definition) is 4. The van der Waals surface area contributed by atoms with Gasteiger partial charge in [-0.25, -0.2) is 0 Å². The maximum absolute atomic E-state index is 11.9. The SMILES string of the molecule is NC(=O)COc1cccc(NC(=O)C2CCCN2)c1. The van der Waals surface area contributed by atoms with Crippen LogP contribution < -0.4 is 21.1 Å². The molecule has 6 heteroatoms. The van der Waals surface area contributed by atoms with Gasteiger partial charge in [0.15, 0.2) is 6.61 Å². The van der Waals surface area contributed by atoms with Crippen LogP contribution in [-0.4, -0.2) is 31.0 Å². The summed E-state index contributed by atoms with van der Waals surface area (Å²) in [5.41, 5.74) is 5.64. The summed E-state index contributed by atoms with van der Waals surface area (Å²) < 4.78 is 5.17. The summed E-state index contributed by atoms with van der Waals surface area (Å²) in [7, 11) is 0. The molecule has 0 aromatic heterocycles. The number of nitrogens with two attached hydrogens (primary N) is 1. The van der Waals surface area contributed by atoms with Gasteiger partial charge >= 0.3 is 0 Å². The van der Waals surface area contributed by atoms with Crippen molar-refractivity contribution in [1.29, 1.82) is 0 Å². The summed E-state index contributed by atoms with van der Waals surface area (Å²) in [6.07, 6.45) is 1.86. The molecule has 102 valence electrons. The van der Waals surface area contributed by atoms with E-state index in [1.165, 1.54) is 0 Å². The Labute approximate surface area is 111 Å². The van der Waals surface area contributed by atoms with Gasteiger partial charge in [-0.05, 0) is 31.5 Å². The number of carbonyl (C=O) groups excluding carboxylic acids is 2. The number of primary amides is 1. The van der Waals surface area contributed by atoms with Crippen molar-refractivity contribution in [3.05, 3.63) is 24.3 Å². The molecule has 0 bridgehead atoms. The van der Waals surface area contributed by atoms with E-state index in [9.17, 15) is 9.59 Å². The molecule has 4 N–H and O–H groups in total. The average molecular weight is 263 g/mol. The Morgan fingerprint density at radius 2 is 2.32 bits per heavy atom. The van der Waals surface area contributed by atoms with Gasteiger partial charge in [0.05, 0.1) is 6.04 Å². The second-order valence-electron chi connectivity index (χ2n) is 4.42. The summed E-state index contributed by atoms with van der Waals surface area (Å²) in [5.74, 6) is -0.0925. The number of amides is 2. The standard InChI is InChI=1S/C13H17N3O3/c14-12(17)8-19-10-4-1-3-9(7-10)16-13(18)11-5-2-6-15-11/h1,3-4,7,11,15H,2,5-6,8H2,(H2,14,17)(H,16,18). The first kappa shape index (κ1) is 13.4. The number of hydrogen-bond donors (Lipinski definition) is 3. The molecule has 0 radical (unpaired) electrons. The molecule has 0 aliphatic carbocycles. The van der Waals surface area contributed by atoms with Crippen LogP contribution >= 0.6 is 0 Å². The van der Waals surface area contributed by atoms with E-state index >= 15 is 0 Å². The minimum atomic E-state index is -0.537. The van der Waals surface area contributed by atoms with Crippen molar-refractivity contribution in [3.8, 4) is 5.75 Å². The van der Waals surface area contributed by atoms with Crippen LogP contribution in [0.3, 0.4) is 0 Å². The molecular formula is C13H17N3O3. The third-order valence-corrected chi connectivity index (χ3v) is 2.86. The maximum atomic E-state index is 11.9. The van der Waals surface area contributed by atoms with Gasteiger partial charge in [0.2, 0.25) is 5.91 Å². The van der Waals surface area contributed by atoms with E-state index in [0.717, 1.165) is 19.4 Å². The van der Waals surface area contributed by atoms with Crippen molar-refractivity contribution in [2.24, 2.45) is 5.73 Å². The fourth-order valence-electron chi connectivity index (χ4n) is 1.96. The van der Waals surface area contributed by atoms with Crippen LogP contribution in [-0.2, 0) is 9.59 Å². The van der Waals surface area contributed by atoms with Gasteiger partial charge < -0.3 is 21.1 Å². The predicted octanol–water partition coefficient (Wildman–Crippen LogP) is 0.241. The molecule has 1 heterocycles. The number of nitrogens with one attached hydrogen (secondary N) is 2. The molecule has 2 amide bonds. The average Bonchev–Trinajstić information content (AvgIpc) is 2.91. The van der Waals surface area contributed by atoms with Crippen molar-refractivity contribution in [3.63, 3.8) is 0 Å². The summed E-state index contributed by atoms with van der Waals surface area (Å²) in [6, 6.07) is 6.75. The second kappa shape index (κ2) is 6.19. The molecule has 0 spiro atoms. The quantitative estimate of drug-likeness (QED) is 0.709. The van der Waals surface area contributed by atoms with Gasteiger partial charge in [-0.15, -0.1) is 0 Å². The lowest BCUT2D eigenvalue weighted by molar-refractivity contribution is -0.120. The largest absolute Gasteiger partial charge is 0.484 e. The summed E-state index contributed by atoms with van der Waals surface area (Å²) >= 11 is 0. The van der Waals surface area contributed by atoms with Crippen LogP contribution in [0.1, 0.15) is 12.8 Å². The minimum Gasteiger partial charge on any atom is -0.484 e. The topological polar surface area (TPSA) is 93.5 Å². The Balaban J connectivity index is 1.94. The minimum absolute atomic E-state index is 0.0513. The van der Waals surface area contributed by atoms with Crippen LogP contribution in [0.25, 0.3) is 0 Å². The predicted molar refractivity (Wildman–Crippen MR) is 70.8 cm³/mol. The fraction of sp³-hybridized carbons (Fsp3) is 0.385. The number of carbonyl (C=O) groups is 2. The smallest absolute Gasteiger partial charge is 0.255 e. The van der Waals surface area contributed by atoms with Gasteiger partial charge in [0, 0.05) is 11.8 Å². The van der Waals surface area contributed by atoms with E-state index in [2.05, 4.69) is 10.6 Å². The lowest BCUT2D eigenvalue weighted by Crippen LogP contribution is -2.35. The van der Waals surface area contributed by atoms with Crippen LogP contribution in [0.4, 0.5) is 5.69 Å². The molecule has 1 unspecified atom stereocenters. The molecular weight excluding hydrogens is 246 g/mol. The van der Waals surface area contributed by atoms with Crippen molar-refractivity contribution in [2.45, 2.75) is 18.9 Å². The monoisotopic (exact) mass is 263 g/mol. The molecule has 1 aliphatic rings. The lowest BCUT2D eigenvalue weighted by Gasteiger charge is -2.12.